The molecule has 2 aromatic rings. The van der Waals surface area contributed by atoms with Crippen molar-refractivity contribution >= 4 is 21.6 Å². The zero-order valence-electron chi connectivity index (χ0n) is 15.1. The van der Waals surface area contributed by atoms with Crippen LogP contribution in [0.3, 0.4) is 0 Å². The minimum Gasteiger partial charge on any atom is -0.312 e. The highest BCUT2D eigenvalue weighted by Gasteiger charge is 2.25. The lowest BCUT2D eigenvalue weighted by molar-refractivity contribution is -0.117. The number of carbonyl (C=O) groups is 1. The van der Waals surface area contributed by atoms with E-state index in [2.05, 4.69) is 4.72 Å². The normalized spacial score (nSPS) is 16.1. The molecule has 1 saturated heterocycles. The van der Waals surface area contributed by atoms with E-state index in [4.69, 9.17) is 0 Å². The third-order valence-corrected chi connectivity index (χ3v) is 6.22. The lowest BCUT2D eigenvalue weighted by atomic mass is 10.1. The van der Waals surface area contributed by atoms with Gasteiger partial charge in [-0.05, 0) is 49.1 Å². The van der Waals surface area contributed by atoms with Crippen molar-refractivity contribution in [3.8, 4) is 0 Å². The lowest BCUT2D eigenvalue weighted by Gasteiger charge is -2.20. The summed E-state index contributed by atoms with van der Waals surface area (Å²) < 4.78 is 28.5. The van der Waals surface area contributed by atoms with Crippen molar-refractivity contribution in [2.75, 3.05) is 11.4 Å². The molecule has 1 fully saturated rings. The molecule has 0 aliphatic carbocycles. The minimum atomic E-state index is -3.65. The number of hydrogen-bond donors (Lipinski definition) is 1. The third-order valence-electron chi connectivity index (χ3n) is 4.75. The maximum Gasteiger partial charge on any atom is 0.241 e. The van der Waals surface area contributed by atoms with Crippen LogP contribution in [-0.2, 0) is 14.8 Å². The van der Waals surface area contributed by atoms with Crippen molar-refractivity contribution in [3.63, 3.8) is 0 Å². The lowest BCUT2D eigenvalue weighted by Crippen LogP contribution is -2.29. The predicted octanol–water partition coefficient (Wildman–Crippen LogP) is 3.55. The van der Waals surface area contributed by atoms with Gasteiger partial charge < -0.3 is 4.90 Å². The van der Waals surface area contributed by atoms with Crippen molar-refractivity contribution in [2.24, 2.45) is 0 Å². The first-order valence-corrected chi connectivity index (χ1v) is 10.4. The predicted molar refractivity (Wildman–Crippen MR) is 103 cm³/mol. The summed E-state index contributed by atoms with van der Waals surface area (Å²) in [5, 5.41) is 0. The average molecular weight is 372 g/mol. The fraction of sp³-hybridized carbons (Fsp3) is 0.350. The maximum atomic E-state index is 12.8. The van der Waals surface area contributed by atoms with Gasteiger partial charge in [0, 0.05) is 24.7 Å². The summed E-state index contributed by atoms with van der Waals surface area (Å²) in [4.78, 5) is 13.9. The first kappa shape index (κ1) is 18.6. The Labute approximate surface area is 155 Å². The SMILES string of the molecule is CCC(NS(=O)(=O)c1ccc(N2CCCC2=O)c(C)c1)c1ccccc1. The van der Waals surface area contributed by atoms with Gasteiger partial charge in [-0.3, -0.25) is 4.79 Å². The van der Waals surface area contributed by atoms with E-state index in [9.17, 15) is 13.2 Å². The second-order valence-corrected chi connectivity index (χ2v) is 8.30. The van der Waals surface area contributed by atoms with E-state index in [1.165, 1.54) is 0 Å². The van der Waals surface area contributed by atoms with E-state index < -0.39 is 10.0 Å². The van der Waals surface area contributed by atoms with Crippen molar-refractivity contribution in [2.45, 2.75) is 44.0 Å². The zero-order valence-corrected chi connectivity index (χ0v) is 15.9. The molecule has 6 heteroatoms. The average Bonchev–Trinajstić information content (AvgIpc) is 3.06. The van der Waals surface area contributed by atoms with Gasteiger partial charge >= 0.3 is 0 Å². The fourth-order valence-electron chi connectivity index (χ4n) is 3.33. The number of anilines is 1. The highest BCUT2D eigenvalue weighted by Crippen LogP contribution is 2.28. The van der Waals surface area contributed by atoms with Gasteiger partial charge in [-0.25, -0.2) is 13.1 Å². The van der Waals surface area contributed by atoms with E-state index in [0.717, 1.165) is 23.2 Å². The first-order valence-electron chi connectivity index (χ1n) is 8.90. The number of nitrogens with one attached hydrogen (secondary N) is 1. The Hall–Kier alpha value is -2.18. The van der Waals surface area contributed by atoms with Crippen LogP contribution in [0.2, 0.25) is 0 Å². The van der Waals surface area contributed by atoms with Gasteiger partial charge in [0.25, 0.3) is 0 Å². The standard InChI is InChI=1S/C20H24N2O3S/c1-3-18(16-8-5-4-6-9-16)21-26(24,25)17-11-12-19(15(2)14-17)22-13-7-10-20(22)23/h4-6,8-9,11-12,14,18,21H,3,7,10,13H2,1-2H3. The molecule has 0 radical (unpaired) electrons. The number of aryl methyl sites for hydroxylation is 1. The molecule has 0 bridgehead atoms. The molecule has 1 amide bonds. The highest BCUT2D eigenvalue weighted by atomic mass is 32.2. The third kappa shape index (κ3) is 3.81. The number of sulfonamides is 1. The van der Waals surface area contributed by atoms with Crippen molar-refractivity contribution in [1.29, 1.82) is 0 Å². The molecule has 0 saturated carbocycles. The van der Waals surface area contributed by atoms with Crippen LogP contribution >= 0.6 is 0 Å². The summed E-state index contributed by atoms with van der Waals surface area (Å²) in [6, 6.07) is 14.2. The largest absolute Gasteiger partial charge is 0.312 e. The Balaban J connectivity index is 1.85. The molecule has 1 N–H and O–H groups in total. The van der Waals surface area contributed by atoms with E-state index in [0.29, 0.717) is 19.4 Å². The van der Waals surface area contributed by atoms with E-state index >= 15 is 0 Å². The van der Waals surface area contributed by atoms with Gasteiger partial charge in [-0.1, -0.05) is 37.3 Å². The number of carbonyl (C=O) groups excluding carboxylic acids is 1. The van der Waals surface area contributed by atoms with Gasteiger partial charge in [0.15, 0.2) is 0 Å². The molecule has 0 aromatic heterocycles. The van der Waals surface area contributed by atoms with Crippen LogP contribution in [0.15, 0.2) is 53.4 Å². The van der Waals surface area contributed by atoms with Gasteiger partial charge in [0.05, 0.1) is 4.90 Å². The molecule has 3 rings (SSSR count). The fourth-order valence-corrected chi connectivity index (χ4v) is 4.72. The second-order valence-electron chi connectivity index (χ2n) is 6.59. The summed E-state index contributed by atoms with van der Waals surface area (Å²) in [5.41, 5.74) is 2.52. The number of hydrogen-bond acceptors (Lipinski definition) is 3. The topological polar surface area (TPSA) is 66.5 Å². The number of nitrogens with zero attached hydrogens (tertiary/aromatic N) is 1. The number of rotatable bonds is 6. The van der Waals surface area contributed by atoms with Crippen LogP contribution in [0.25, 0.3) is 0 Å². The Morgan fingerprint density at radius 1 is 1.15 bits per heavy atom. The smallest absolute Gasteiger partial charge is 0.241 e. The molecule has 1 atom stereocenters. The van der Waals surface area contributed by atoms with Crippen molar-refractivity contribution in [1.82, 2.24) is 4.72 Å². The van der Waals surface area contributed by atoms with Gasteiger partial charge in [-0.2, -0.15) is 0 Å². The van der Waals surface area contributed by atoms with Gasteiger partial charge in [-0.15, -0.1) is 0 Å². The zero-order chi connectivity index (χ0) is 18.7. The Bertz CT molecular complexity index is 895. The summed E-state index contributed by atoms with van der Waals surface area (Å²) in [7, 11) is -3.65. The molecule has 26 heavy (non-hydrogen) atoms. The van der Waals surface area contributed by atoms with Crippen LogP contribution in [0.1, 0.15) is 43.4 Å². The molecule has 1 unspecified atom stereocenters. The van der Waals surface area contributed by atoms with E-state index in [-0.39, 0.29) is 16.8 Å². The summed E-state index contributed by atoms with van der Waals surface area (Å²) in [5.74, 6) is 0.0944. The van der Waals surface area contributed by atoms with E-state index in [1.54, 1.807) is 23.1 Å². The molecular formula is C20H24N2O3S. The quantitative estimate of drug-likeness (QED) is 0.843. The minimum absolute atomic E-state index is 0.0944. The Morgan fingerprint density at radius 2 is 1.88 bits per heavy atom. The Morgan fingerprint density at radius 3 is 2.46 bits per heavy atom. The van der Waals surface area contributed by atoms with Gasteiger partial charge in [0.1, 0.15) is 0 Å². The highest BCUT2D eigenvalue weighted by molar-refractivity contribution is 7.89. The number of amides is 1. The van der Waals surface area contributed by atoms with Crippen LogP contribution < -0.4 is 9.62 Å². The first-order chi connectivity index (χ1) is 12.4. The van der Waals surface area contributed by atoms with Crippen LogP contribution in [-0.4, -0.2) is 20.9 Å². The molecule has 138 valence electrons. The monoisotopic (exact) mass is 372 g/mol. The molecular weight excluding hydrogens is 348 g/mol. The number of benzene rings is 2. The van der Waals surface area contributed by atoms with Crippen LogP contribution in [0.4, 0.5) is 5.69 Å². The molecule has 0 spiro atoms. The Kier molecular flexibility index (Phi) is 5.44. The van der Waals surface area contributed by atoms with Crippen LogP contribution in [0.5, 0.6) is 0 Å². The van der Waals surface area contributed by atoms with E-state index in [1.807, 2.05) is 44.2 Å². The second kappa shape index (κ2) is 7.60. The van der Waals surface area contributed by atoms with Crippen molar-refractivity contribution in [3.05, 3.63) is 59.7 Å². The maximum absolute atomic E-state index is 12.8. The molecule has 1 aliphatic heterocycles. The summed E-state index contributed by atoms with van der Waals surface area (Å²) >= 11 is 0. The molecule has 5 nitrogen and oxygen atoms in total. The molecule has 1 heterocycles. The van der Waals surface area contributed by atoms with Gasteiger partial charge in [0.2, 0.25) is 15.9 Å². The van der Waals surface area contributed by atoms with Crippen molar-refractivity contribution < 1.29 is 13.2 Å². The molecule has 1 aliphatic rings. The molecule has 2 aromatic carbocycles. The summed E-state index contributed by atoms with van der Waals surface area (Å²) in [6.07, 6.45) is 2.05. The summed E-state index contributed by atoms with van der Waals surface area (Å²) in [6.45, 7) is 4.48. The van der Waals surface area contributed by atoms with Crippen LogP contribution in [0, 0.1) is 6.92 Å².